The van der Waals surface area contributed by atoms with E-state index < -0.39 is 0 Å². The van der Waals surface area contributed by atoms with E-state index >= 15 is 0 Å². The van der Waals surface area contributed by atoms with Crippen LogP contribution in [0.25, 0.3) is 0 Å². The molecule has 0 amide bonds. The molecule has 0 bridgehead atoms. The van der Waals surface area contributed by atoms with Crippen LogP contribution < -0.4 is 0 Å². The van der Waals surface area contributed by atoms with Gasteiger partial charge in [0.05, 0.1) is 6.04 Å². The van der Waals surface area contributed by atoms with E-state index in [1.807, 2.05) is 4.68 Å². The van der Waals surface area contributed by atoms with Crippen LogP contribution in [0.5, 0.6) is 0 Å². The van der Waals surface area contributed by atoms with Crippen molar-refractivity contribution in [3.63, 3.8) is 0 Å². The largest absolute Gasteiger partial charge is 0.300 e. The molecule has 0 radical (unpaired) electrons. The number of ketones is 1. The number of Topliss-reactive ketones (excluding diaryl/α,β-unsaturated/α-hetero) is 1. The second-order valence-corrected chi connectivity index (χ2v) is 5.21. The van der Waals surface area contributed by atoms with Crippen LogP contribution in [-0.2, 0) is 4.79 Å². The summed E-state index contributed by atoms with van der Waals surface area (Å²) in [5.74, 6) is 0.981. The molecule has 1 aliphatic carbocycles. The summed E-state index contributed by atoms with van der Waals surface area (Å²) >= 11 is 1.57. The first-order valence-electron chi connectivity index (χ1n) is 5.67. The van der Waals surface area contributed by atoms with E-state index in [1.165, 1.54) is 25.7 Å². The predicted octanol–water partition coefficient (Wildman–Crippen LogP) is 1.86. The van der Waals surface area contributed by atoms with Gasteiger partial charge in [-0.15, -0.1) is 5.10 Å². The van der Waals surface area contributed by atoms with Crippen molar-refractivity contribution >= 4 is 17.5 Å². The Morgan fingerprint density at radius 1 is 1.50 bits per heavy atom. The summed E-state index contributed by atoms with van der Waals surface area (Å²) in [5.41, 5.74) is 0. The van der Waals surface area contributed by atoms with Crippen molar-refractivity contribution < 1.29 is 4.79 Å². The molecule has 0 N–H and O–H groups in total. The van der Waals surface area contributed by atoms with Crippen LogP contribution in [0.4, 0.5) is 0 Å². The summed E-state index contributed by atoms with van der Waals surface area (Å²) in [7, 11) is 0. The molecular formula is C10H16N4OS. The van der Waals surface area contributed by atoms with Gasteiger partial charge in [0, 0.05) is 12.2 Å². The average molecular weight is 240 g/mol. The van der Waals surface area contributed by atoms with Crippen LogP contribution in [0.2, 0.25) is 0 Å². The first-order valence-corrected chi connectivity index (χ1v) is 6.66. The van der Waals surface area contributed by atoms with Gasteiger partial charge in [0.1, 0.15) is 5.78 Å². The average Bonchev–Trinajstić information content (AvgIpc) is 2.84. The Bertz CT molecular complexity index is 359. The molecule has 1 saturated carbocycles. The van der Waals surface area contributed by atoms with Crippen molar-refractivity contribution in [2.75, 3.05) is 5.75 Å². The van der Waals surface area contributed by atoms with E-state index in [2.05, 4.69) is 15.5 Å². The lowest BCUT2D eigenvalue weighted by molar-refractivity contribution is -0.116. The van der Waals surface area contributed by atoms with Crippen LogP contribution >= 0.6 is 11.8 Å². The normalized spacial score (nSPS) is 16.8. The molecule has 0 unspecified atom stereocenters. The third-order valence-electron chi connectivity index (χ3n) is 2.82. The molecule has 16 heavy (non-hydrogen) atoms. The Kier molecular flexibility index (Phi) is 3.93. The lowest BCUT2D eigenvalue weighted by Gasteiger charge is -2.10. The van der Waals surface area contributed by atoms with Crippen molar-refractivity contribution in [1.29, 1.82) is 0 Å². The molecule has 0 spiro atoms. The second-order valence-electron chi connectivity index (χ2n) is 4.14. The second kappa shape index (κ2) is 5.43. The minimum absolute atomic E-state index is 0.215. The van der Waals surface area contributed by atoms with Crippen LogP contribution in [0, 0.1) is 0 Å². The molecule has 0 aromatic carbocycles. The summed E-state index contributed by atoms with van der Waals surface area (Å²) in [6.07, 6.45) is 5.46. The zero-order valence-corrected chi connectivity index (χ0v) is 10.2. The predicted molar refractivity (Wildman–Crippen MR) is 61.3 cm³/mol. The number of aromatic nitrogens is 4. The maximum Gasteiger partial charge on any atom is 0.209 e. The van der Waals surface area contributed by atoms with Crippen molar-refractivity contribution in [1.82, 2.24) is 20.2 Å². The topological polar surface area (TPSA) is 60.7 Å². The molecule has 88 valence electrons. The summed E-state index contributed by atoms with van der Waals surface area (Å²) in [4.78, 5) is 10.8. The number of tetrazole rings is 1. The zero-order valence-electron chi connectivity index (χ0n) is 9.43. The molecule has 6 heteroatoms. The van der Waals surface area contributed by atoms with E-state index in [9.17, 15) is 4.79 Å². The van der Waals surface area contributed by atoms with Gasteiger partial charge in [-0.1, -0.05) is 24.6 Å². The third kappa shape index (κ3) is 2.81. The smallest absolute Gasteiger partial charge is 0.209 e. The number of carbonyl (C=O) groups excluding carboxylic acids is 1. The van der Waals surface area contributed by atoms with Gasteiger partial charge in [-0.05, 0) is 30.2 Å². The quantitative estimate of drug-likeness (QED) is 0.735. The highest BCUT2D eigenvalue weighted by molar-refractivity contribution is 7.99. The van der Waals surface area contributed by atoms with Gasteiger partial charge in [-0.3, -0.25) is 4.79 Å². The number of carbonyl (C=O) groups is 1. The molecular weight excluding hydrogens is 224 g/mol. The van der Waals surface area contributed by atoms with Gasteiger partial charge in [0.2, 0.25) is 5.16 Å². The molecule has 1 heterocycles. The molecule has 0 atom stereocenters. The Morgan fingerprint density at radius 2 is 2.25 bits per heavy atom. The Morgan fingerprint density at radius 3 is 2.94 bits per heavy atom. The van der Waals surface area contributed by atoms with Gasteiger partial charge in [0.15, 0.2) is 0 Å². The van der Waals surface area contributed by atoms with Gasteiger partial charge >= 0.3 is 0 Å². The lowest BCUT2D eigenvalue weighted by Crippen LogP contribution is -2.08. The fourth-order valence-corrected chi connectivity index (χ4v) is 2.93. The number of hydrogen-bond donors (Lipinski definition) is 0. The van der Waals surface area contributed by atoms with Crippen LogP contribution in [0.3, 0.4) is 0 Å². The van der Waals surface area contributed by atoms with Crippen LogP contribution in [0.15, 0.2) is 5.16 Å². The standard InChI is InChI=1S/C10H16N4OS/c1-8(15)6-7-16-10-11-12-13-14(10)9-4-2-3-5-9/h9H,2-7H2,1H3. The van der Waals surface area contributed by atoms with Gasteiger partial charge in [0.25, 0.3) is 0 Å². The SMILES string of the molecule is CC(=O)CCSc1nnnn1C1CCCC1. The molecule has 1 aliphatic rings. The first kappa shape index (κ1) is 11.6. The van der Waals surface area contributed by atoms with E-state index in [-0.39, 0.29) is 5.78 Å². The third-order valence-corrected chi connectivity index (χ3v) is 3.75. The van der Waals surface area contributed by atoms with E-state index in [4.69, 9.17) is 0 Å². The van der Waals surface area contributed by atoms with E-state index in [0.29, 0.717) is 12.5 Å². The Labute approximate surface area is 99.0 Å². The summed E-state index contributed by atoms with van der Waals surface area (Å²) in [6.45, 7) is 1.61. The summed E-state index contributed by atoms with van der Waals surface area (Å²) in [6, 6.07) is 0.467. The van der Waals surface area contributed by atoms with Gasteiger partial charge in [-0.25, -0.2) is 4.68 Å². The molecule has 0 saturated heterocycles. The summed E-state index contributed by atoms with van der Waals surface area (Å²) in [5, 5.41) is 12.6. The van der Waals surface area contributed by atoms with Crippen molar-refractivity contribution in [2.24, 2.45) is 0 Å². The molecule has 1 aromatic rings. The van der Waals surface area contributed by atoms with E-state index in [0.717, 1.165) is 10.9 Å². The fourth-order valence-electron chi connectivity index (χ4n) is 1.94. The monoisotopic (exact) mass is 240 g/mol. The first-order chi connectivity index (χ1) is 7.77. The number of nitrogens with zero attached hydrogens (tertiary/aromatic N) is 4. The number of hydrogen-bond acceptors (Lipinski definition) is 5. The highest BCUT2D eigenvalue weighted by atomic mass is 32.2. The minimum atomic E-state index is 0.215. The van der Waals surface area contributed by atoms with Crippen LogP contribution in [-0.4, -0.2) is 31.7 Å². The highest BCUT2D eigenvalue weighted by Crippen LogP contribution is 2.31. The maximum atomic E-state index is 10.8. The lowest BCUT2D eigenvalue weighted by atomic mass is 10.3. The maximum absolute atomic E-state index is 10.8. The van der Waals surface area contributed by atoms with Gasteiger partial charge < -0.3 is 0 Å². The van der Waals surface area contributed by atoms with Gasteiger partial charge in [-0.2, -0.15) is 0 Å². The number of rotatable bonds is 5. The number of thioether (sulfide) groups is 1. The van der Waals surface area contributed by atoms with Crippen molar-refractivity contribution in [3.05, 3.63) is 0 Å². The molecule has 2 rings (SSSR count). The Hall–Kier alpha value is -0.910. The van der Waals surface area contributed by atoms with E-state index in [1.54, 1.807) is 18.7 Å². The van der Waals surface area contributed by atoms with Crippen molar-refractivity contribution in [3.8, 4) is 0 Å². The fraction of sp³-hybridized carbons (Fsp3) is 0.800. The molecule has 5 nitrogen and oxygen atoms in total. The summed E-state index contributed by atoms with van der Waals surface area (Å²) < 4.78 is 1.93. The highest BCUT2D eigenvalue weighted by Gasteiger charge is 2.21. The van der Waals surface area contributed by atoms with Crippen LogP contribution in [0.1, 0.15) is 45.1 Å². The zero-order chi connectivity index (χ0) is 11.4. The molecule has 1 fully saturated rings. The van der Waals surface area contributed by atoms with Crippen molar-refractivity contribution in [2.45, 2.75) is 50.2 Å². The Balaban J connectivity index is 1.93. The minimum Gasteiger partial charge on any atom is -0.300 e. The molecule has 1 aromatic heterocycles. The molecule has 0 aliphatic heterocycles.